The lowest BCUT2D eigenvalue weighted by Crippen LogP contribution is -2.02. The molecule has 3 N–H and O–H groups in total. The van der Waals surface area contributed by atoms with Crippen molar-refractivity contribution >= 4 is 5.69 Å². The van der Waals surface area contributed by atoms with Crippen LogP contribution < -0.4 is 10.1 Å². The van der Waals surface area contributed by atoms with Crippen molar-refractivity contribution in [1.29, 1.82) is 0 Å². The van der Waals surface area contributed by atoms with E-state index in [2.05, 4.69) is 5.32 Å². The number of para-hydroxylation sites is 1. The van der Waals surface area contributed by atoms with Gasteiger partial charge in [-0.25, -0.2) is 0 Å². The Kier molecular flexibility index (Phi) is 4.64. The SMILES string of the molecule is OCCOc1ccc(NCc2ccccc2O)cc1. The summed E-state index contributed by atoms with van der Waals surface area (Å²) < 4.78 is 5.27. The van der Waals surface area contributed by atoms with Crippen molar-refractivity contribution in [3.63, 3.8) is 0 Å². The summed E-state index contributed by atoms with van der Waals surface area (Å²) in [6.07, 6.45) is 0. The molecular formula is C15H17NO3. The van der Waals surface area contributed by atoms with Gasteiger partial charge in [0.05, 0.1) is 6.61 Å². The van der Waals surface area contributed by atoms with Gasteiger partial charge in [0.2, 0.25) is 0 Å². The Bertz CT molecular complexity index is 511. The van der Waals surface area contributed by atoms with E-state index in [1.807, 2.05) is 36.4 Å². The molecule has 0 fully saturated rings. The summed E-state index contributed by atoms with van der Waals surface area (Å²) in [5.41, 5.74) is 1.79. The van der Waals surface area contributed by atoms with Crippen LogP contribution in [0.5, 0.6) is 11.5 Å². The van der Waals surface area contributed by atoms with Gasteiger partial charge in [-0.15, -0.1) is 0 Å². The monoisotopic (exact) mass is 259 g/mol. The minimum atomic E-state index is 0.00723. The summed E-state index contributed by atoms with van der Waals surface area (Å²) >= 11 is 0. The first kappa shape index (κ1) is 13.2. The molecular weight excluding hydrogens is 242 g/mol. The number of hydrogen-bond acceptors (Lipinski definition) is 4. The standard InChI is InChI=1S/C15H17NO3/c17-9-10-19-14-7-5-13(6-8-14)16-11-12-3-1-2-4-15(12)18/h1-8,16-18H,9-11H2. The van der Waals surface area contributed by atoms with Gasteiger partial charge >= 0.3 is 0 Å². The van der Waals surface area contributed by atoms with E-state index in [1.54, 1.807) is 12.1 Å². The first-order valence-electron chi connectivity index (χ1n) is 6.14. The number of hydrogen-bond donors (Lipinski definition) is 3. The van der Waals surface area contributed by atoms with Crippen LogP contribution in [0, 0.1) is 0 Å². The minimum Gasteiger partial charge on any atom is -0.508 e. The number of benzene rings is 2. The highest BCUT2D eigenvalue weighted by Gasteiger charge is 2.00. The third kappa shape index (κ3) is 3.89. The zero-order valence-electron chi connectivity index (χ0n) is 10.5. The molecule has 0 spiro atoms. The zero-order valence-corrected chi connectivity index (χ0v) is 10.5. The number of anilines is 1. The van der Waals surface area contributed by atoms with Gasteiger partial charge in [-0.2, -0.15) is 0 Å². The van der Waals surface area contributed by atoms with E-state index >= 15 is 0 Å². The third-order valence-electron chi connectivity index (χ3n) is 2.69. The number of rotatable bonds is 6. The maximum absolute atomic E-state index is 9.65. The molecule has 0 heterocycles. The molecule has 0 aliphatic carbocycles. The highest BCUT2D eigenvalue weighted by molar-refractivity contribution is 5.47. The molecule has 0 amide bonds. The fourth-order valence-corrected chi connectivity index (χ4v) is 1.69. The fraction of sp³-hybridized carbons (Fsp3) is 0.200. The molecule has 0 saturated heterocycles. The highest BCUT2D eigenvalue weighted by Crippen LogP contribution is 2.19. The largest absolute Gasteiger partial charge is 0.508 e. The average molecular weight is 259 g/mol. The van der Waals surface area contributed by atoms with Crippen LogP contribution in [0.25, 0.3) is 0 Å². The lowest BCUT2D eigenvalue weighted by molar-refractivity contribution is 0.201. The van der Waals surface area contributed by atoms with Crippen molar-refractivity contribution < 1.29 is 14.9 Å². The van der Waals surface area contributed by atoms with E-state index in [1.165, 1.54) is 0 Å². The lowest BCUT2D eigenvalue weighted by Gasteiger charge is -2.09. The molecule has 2 rings (SSSR count). The zero-order chi connectivity index (χ0) is 13.5. The predicted octanol–water partition coefficient (Wildman–Crippen LogP) is 2.38. The van der Waals surface area contributed by atoms with E-state index in [-0.39, 0.29) is 12.4 Å². The molecule has 100 valence electrons. The number of phenolic OH excluding ortho intramolecular Hbond substituents is 1. The summed E-state index contributed by atoms with van der Waals surface area (Å²) in [4.78, 5) is 0. The number of aliphatic hydroxyl groups excluding tert-OH is 1. The van der Waals surface area contributed by atoms with Crippen molar-refractivity contribution in [1.82, 2.24) is 0 Å². The number of ether oxygens (including phenoxy) is 1. The van der Waals surface area contributed by atoms with E-state index in [0.29, 0.717) is 13.2 Å². The molecule has 0 unspecified atom stereocenters. The van der Waals surface area contributed by atoms with Gasteiger partial charge in [-0.3, -0.25) is 0 Å². The molecule has 0 aromatic heterocycles. The molecule has 0 bridgehead atoms. The summed E-state index contributed by atoms with van der Waals surface area (Å²) in [5, 5.41) is 21.5. The number of aromatic hydroxyl groups is 1. The van der Waals surface area contributed by atoms with Crippen LogP contribution in [0.2, 0.25) is 0 Å². The Morgan fingerprint density at radius 2 is 1.74 bits per heavy atom. The molecule has 0 saturated carbocycles. The average Bonchev–Trinajstić information content (AvgIpc) is 2.45. The Hall–Kier alpha value is -2.20. The third-order valence-corrected chi connectivity index (χ3v) is 2.69. The predicted molar refractivity (Wildman–Crippen MR) is 74.5 cm³/mol. The Labute approximate surface area is 112 Å². The van der Waals surface area contributed by atoms with Gasteiger partial charge in [0.15, 0.2) is 0 Å². The molecule has 0 radical (unpaired) electrons. The van der Waals surface area contributed by atoms with Crippen LogP contribution >= 0.6 is 0 Å². The van der Waals surface area contributed by atoms with Gasteiger partial charge in [0, 0.05) is 17.8 Å². The molecule has 19 heavy (non-hydrogen) atoms. The normalized spacial score (nSPS) is 10.2. The van der Waals surface area contributed by atoms with Crippen molar-refractivity contribution in [2.75, 3.05) is 18.5 Å². The summed E-state index contributed by atoms with van der Waals surface area (Å²) in [7, 11) is 0. The topological polar surface area (TPSA) is 61.7 Å². The Balaban J connectivity index is 1.91. The van der Waals surface area contributed by atoms with E-state index in [0.717, 1.165) is 17.0 Å². The molecule has 0 aliphatic rings. The lowest BCUT2D eigenvalue weighted by atomic mass is 10.2. The number of aliphatic hydroxyl groups is 1. The highest BCUT2D eigenvalue weighted by atomic mass is 16.5. The van der Waals surface area contributed by atoms with Gasteiger partial charge in [0.1, 0.15) is 18.1 Å². The van der Waals surface area contributed by atoms with Crippen LogP contribution in [0.4, 0.5) is 5.69 Å². The van der Waals surface area contributed by atoms with Crippen molar-refractivity contribution in [3.8, 4) is 11.5 Å². The first-order chi connectivity index (χ1) is 9.29. The van der Waals surface area contributed by atoms with Gasteiger partial charge in [0.25, 0.3) is 0 Å². The first-order valence-corrected chi connectivity index (χ1v) is 6.14. The summed E-state index contributed by atoms with van der Waals surface area (Å²) in [6, 6.07) is 14.7. The van der Waals surface area contributed by atoms with Crippen LogP contribution in [-0.4, -0.2) is 23.4 Å². The van der Waals surface area contributed by atoms with Gasteiger partial charge in [-0.05, 0) is 30.3 Å². The maximum Gasteiger partial charge on any atom is 0.120 e. The maximum atomic E-state index is 9.65. The smallest absolute Gasteiger partial charge is 0.120 e. The van der Waals surface area contributed by atoms with Crippen LogP contribution in [-0.2, 0) is 6.54 Å². The van der Waals surface area contributed by atoms with E-state index in [4.69, 9.17) is 9.84 Å². The van der Waals surface area contributed by atoms with Crippen LogP contribution in [0.3, 0.4) is 0 Å². The summed E-state index contributed by atoms with van der Waals surface area (Å²) in [6.45, 7) is 0.863. The number of phenols is 1. The second-order valence-corrected chi connectivity index (χ2v) is 4.08. The Morgan fingerprint density at radius 3 is 2.42 bits per heavy atom. The van der Waals surface area contributed by atoms with Crippen molar-refractivity contribution in [3.05, 3.63) is 54.1 Å². The molecule has 2 aromatic carbocycles. The molecule has 0 aliphatic heterocycles. The second-order valence-electron chi connectivity index (χ2n) is 4.08. The summed E-state index contributed by atoms with van der Waals surface area (Å²) in [5.74, 6) is 1.01. The van der Waals surface area contributed by atoms with Crippen molar-refractivity contribution in [2.24, 2.45) is 0 Å². The Morgan fingerprint density at radius 1 is 1.00 bits per heavy atom. The van der Waals surface area contributed by atoms with E-state index < -0.39 is 0 Å². The van der Waals surface area contributed by atoms with Gasteiger partial charge in [-0.1, -0.05) is 18.2 Å². The van der Waals surface area contributed by atoms with Crippen LogP contribution in [0.15, 0.2) is 48.5 Å². The molecule has 2 aromatic rings. The van der Waals surface area contributed by atoms with E-state index in [9.17, 15) is 5.11 Å². The van der Waals surface area contributed by atoms with Crippen molar-refractivity contribution in [2.45, 2.75) is 6.54 Å². The fourth-order valence-electron chi connectivity index (χ4n) is 1.69. The molecule has 4 nitrogen and oxygen atoms in total. The minimum absolute atomic E-state index is 0.00723. The molecule has 0 atom stereocenters. The van der Waals surface area contributed by atoms with Crippen LogP contribution in [0.1, 0.15) is 5.56 Å². The molecule has 4 heteroatoms. The van der Waals surface area contributed by atoms with Gasteiger partial charge < -0.3 is 20.3 Å². The number of nitrogens with one attached hydrogen (secondary N) is 1. The quantitative estimate of drug-likeness (QED) is 0.745. The second kappa shape index (κ2) is 6.66.